The van der Waals surface area contributed by atoms with Crippen LogP contribution in [-0.2, 0) is 32.0 Å². The van der Waals surface area contributed by atoms with E-state index in [0.717, 1.165) is 24.8 Å². The second-order valence-electron chi connectivity index (χ2n) is 12.4. The molecule has 0 radical (unpaired) electrons. The van der Waals surface area contributed by atoms with Crippen molar-refractivity contribution in [3.63, 3.8) is 0 Å². The minimum Gasteiger partial charge on any atom is -0.351 e. The lowest BCUT2D eigenvalue weighted by Crippen LogP contribution is -2.59. The Labute approximate surface area is 247 Å². The van der Waals surface area contributed by atoms with E-state index in [1.807, 2.05) is 39.0 Å². The van der Waals surface area contributed by atoms with Crippen molar-refractivity contribution in [3.05, 3.63) is 47.3 Å². The maximum absolute atomic E-state index is 14.1. The van der Waals surface area contributed by atoms with E-state index in [0.29, 0.717) is 12.1 Å². The molecule has 1 aromatic carbocycles. The van der Waals surface area contributed by atoms with E-state index in [-0.39, 0.29) is 49.1 Å². The Hall–Kier alpha value is -3.80. The van der Waals surface area contributed by atoms with E-state index < -0.39 is 29.6 Å². The number of amides is 4. The molecule has 0 saturated carbocycles. The van der Waals surface area contributed by atoms with Crippen molar-refractivity contribution in [3.8, 4) is 0 Å². The van der Waals surface area contributed by atoms with Gasteiger partial charge >= 0.3 is 0 Å². The van der Waals surface area contributed by atoms with Crippen LogP contribution in [-0.4, -0.2) is 81.7 Å². The Balaban J connectivity index is 1.53. The van der Waals surface area contributed by atoms with Crippen LogP contribution in [0.25, 0.3) is 0 Å². The van der Waals surface area contributed by atoms with Gasteiger partial charge in [0.2, 0.25) is 23.6 Å². The number of hydrogen-bond donors (Lipinski definition) is 5. The number of nitrogens with zero attached hydrogens (tertiary/aromatic N) is 3. The third kappa shape index (κ3) is 7.53. The molecule has 12 heteroatoms. The molecule has 1 aromatic heterocycles. The highest BCUT2D eigenvalue weighted by Crippen LogP contribution is 2.31. The second-order valence-corrected chi connectivity index (χ2v) is 12.4. The van der Waals surface area contributed by atoms with Crippen LogP contribution in [0, 0.1) is 5.41 Å². The summed E-state index contributed by atoms with van der Waals surface area (Å²) in [6, 6.07) is 5.39. The van der Waals surface area contributed by atoms with Crippen molar-refractivity contribution < 1.29 is 19.2 Å². The second kappa shape index (κ2) is 13.5. The summed E-state index contributed by atoms with van der Waals surface area (Å²) >= 11 is 0. The lowest BCUT2D eigenvalue weighted by atomic mass is 9.85. The number of aryl methyl sites for hydroxylation is 2. The molecule has 0 unspecified atom stereocenters. The number of carbonyl (C=O) groups is 4. The molecule has 1 fully saturated rings. The first-order valence-corrected chi connectivity index (χ1v) is 14.8. The van der Waals surface area contributed by atoms with Crippen molar-refractivity contribution in [2.45, 2.75) is 96.4 Å². The summed E-state index contributed by atoms with van der Waals surface area (Å²) in [7, 11) is 1.68. The summed E-state index contributed by atoms with van der Waals surface area (Å²) in [6.45, 7) is 7.53. The Morgan fingerprint density at radius 3 is 2.60 bits per heavy atom. The molecule has 1 aliphatic carbocycles. The molecule has 0 bridgehead atoms. The highest BCUT2D eigenvalue weighted by atomic mass is 16.2. The fourth-order valence-electron chi connectivity index (χ4n) is 5.70. The van der Waals surface area contributed by atoms with Crippen LogP contribution in [0.2, 0.25) is 0 Å². The summed E-state index contributed by atoms with van der Waals surface area (Å²) in [4.78, 5) is 55.2. The van der Waals surface area contributed by atoms with Gasteiger partial charge in [0.25, 0.3) is 0 Å². The third-order valence-corrected chi connectivity index (χ3v) is 8.24. The number of rotatable bonds is 10. The highest BCUT2D eigenvalue weighted by molar-refractivity contribution is 5.94. The van der Waals surface area contributed by atoms with Crippen LogP contribution in [0.4, 0.5) is 0 Å². The number of aromatic nitrogens is 3. The van der Waals surface area contributed by atoms with Gasteiger partial charge < -0.3 is 26.2 Å². The Bertz CT molecular complexity index is 1260. The summed E-state index contributed by atoms with van der Waals surface area (Å²) in [5.74, 6) is -1.10. The SMILES string of the molecule is CN[C@@H](C)C(=O)N[C@H](C(=O)N1C[C@@H](NC(=O)CCc2cn[nH]n2)C[C@H]1C(=O)N[C@@H]1CCCc2ccccc21)C(C)(C)C. The smallest absolute Gasteiger partial charge is 0.246 e. The van der Waals surface area contributed by atoms with Crippen molar-refractivity contribution >= 4 is 23.6 Å². The van der Waals surface area contributed by atoms with Crippen molar-refractivity contribution in [1.82, 2.24) is 41.6 Å². The van der Waals surface area contributed by atoms with Crippen LogP contribution < -0.4 is 21.3 Å². The number of likely N-dealkylation sites (tertiary alicyclic amines) is 1. The minimum absolute atomic E-state index is 0.148. The van der Waals surface area contributed by atoms with Crippen LogP contribution in [0.3, 0.4) is 0 Å². The Morgan fingerprint density at radius 2 is 1.90 bits per heavy atom. The summed E-state index contributed by atoms with van der Waals surface area (Å²) in [5.41, 5.74) is 2.38. The fourth-order valence-corrected chi connectivity index (χ4v) is 5.70. The molecule has 5 atom stereocenters. The number of H-pyrrole nitrogens is 1. The van der Waals surface area contributed by atoms with Crippen molar-refractivity contribution in [2.24, 2.45) is 5.41 Å². The zero-order valence-corrected chi connectivity index (χ0v) is 25.2. The lowest BCUT2D eigenvalue weighted by Gasteiger charge is -2.36. The first kappa shape index (κ1) is 31.1. The van der Waals surface area contributed by atoms with Gasteiger partial charge in [-0.1, -0.05) is 45.0 Å². The molecule has 4 rings (SSSR count). The molecule has 228 valence electrons. The zero-order chi connectivity index (χ0) is 30.4. The fraction of sp³-hybridized carbons (Fsp3) is 0.600. The molecule has 0 spiro atoms. The maximum Gasteiger partial charge on any atom is 0.246 e. The summed E-state index contributed by atoms with van der Waals surface area (Å²) in [6.07, 6.45) is 5.22. The van der Waals surface area contributed by atoms with Gasteiger partial charge in [-0.25, -0.2) is 0 Å². The van der Waals surface area contributed by atoms with Gasteiger partial charge in [-0.05, 0) is 56.2 Å². The van der Waals surface area contributed by atoms with E-state index in [1.54, 1.807) is 20.2 Å². The lowest BCUT2D eigenvalue weighted by molar-refractivity contribution is -0.144. The number of fused-ring (bicyclic) bond motifs is 1. The molecule has 42 heavy (non-hydrogen) atoms. The van der Waals surface area contributed by atoms with Gasteiger partial charge in [0.1, 0.15) is 12.1 Å². The predicted octanol–water partition coefficient (Wildman–Crippen LogP) is 1.16. The molecule has 12 nitrogen and oxygen atoms in total. The van der Waals surface area contributed by atoms with E-state index in [1.165, 1.54) is 10.5 Å². The van der Waals surface area contributed by atoms with Crippen LogP contribution in [0.15, 0.2) is 30.5 Å². The Kier molecular flexibility index (Phi) is 9.97. The zero-order valence-electron chi connectivity index (χ0n) is 25.2. The largest absolute Gasteiger partial charge is 0.351 e. The minimum atomic E-state index is -0.867. The molecule has 2 aromatic rings. The van der Waals surface area contributed by atoms with E-state index >= 15 is 0 Å². The molecule has 1 aliphatic heterocycles. The number of hydrogen-bond acceptors (Lipinski definition) is 7. The van der Waals surface area contributed by atoms with Gasteiger partial charge in [-0.2, -0.15) is 15.4 Å². The third-order valence-electron chi connectivity index (χ3n) is 8.24. The number of likely N-dealkylation sites (N-methyl/N-ethyl adjacent to an activating group) is 1. The average molecular weight is 581 g/mol. The summed E-state index contributed by atoms with van der Waals surface area (Å²) < 4.78 is 0. The van der Waals surface area contributed by atoms with Gasteiger partial charge in [0, 0.05) is 25.4 Å². The number of nitrogens with one attached hydrogen (secondary N) is 5. The number of benzene rings is 1. The van der Waals surface area contributed by atoms with E-state index in [2.05, 4.69) is 42.7 Å². The topological polar surface area (TPSA) is 161 Å². The highest BCUT2D eigenvalue weighted by Gasteiger charge is 2.45. The number of carbonyl (C=O) groups excluding carboxylic acids is 4. The van der Waals surface area contributed by atoms with Gasteiger partial charge in [-0.15, -0.1) is 0 Å². The van der Waals surface area contributed by atoms with E-state index in [9.17, 15) is 19.2 Å². The van der Waals surface area contributed by atoms with Crippen LogP contribution in [0.5, 0.6) is 0 Å². The maximum atomic E-state index is 14.1. The van der Waals surface area contributed by atoms with Gasteiger partial charge in [0.05, 0.1) is 24.0 Å². The van der Waals surface area contributed by atoms with Crippen LogP contribution in [0.1, 0.15) is 76.2 Å². The molecular formula is C30H44N8O4. The van der Waals surface area contributed by atoms with E-state index in [4.69, 9.17) is 0 Å². The van der Waals surface area contributed by atoms with Gasteiger partial charge in [0.15, 0.2) is 0 Å². The molecule has 1 saturated heterocycles. The molecule has 5 N–H and O–H groups in total. The predicted molar refractivity (Wildman–Crippen MR) is 157 cm³/mol. The molecular weight excluding hydrogens is 536 g/mol. The monoisotopic (exact) mass is 580 g/mol. The quantitative estimate of drug-likeness (QED) is 0.282. The first-order valence-electron chi connectivity index (χ1n) is 14.8. The normalized spacial score (nSPS) is 21.6. The van der Waals surface area contributed by atoms with Crippen molar-refractivity contribution in [1.29, 1.82) is 0 Å². The molecule has 2 heterocycles. The van der Waals surface area contributed by atoms with Crippen molar-refractivity contribution in [2.75, 3.05) is 13.6 Å². The average Bonchev–Trinajstić information content (AvgIpc) is 3.64. The Morgan fingerprint density at radius 1 is 1.14 bits per heavy atom. The standard InChI is InChI=1S/C30H44N8O4/c1-18(31-5)27(40)35-26(30(2,3)4)29(42)38-17-21(33-25(39)14-13-20-16-32-37-36-20)15-24(38)28(41)34-23-12-8-10-19-9-6-7-11-22(19)23/h6-7,9,11,16,18,21,23-24,26,31H,8,10,12-15,17H2,1-5H3,(H,33,39)(H,34,41)(H,35,40)(H,32,36,37)/t18-,21-,23+,24-,26+/m0/s1. The van der Waals surface area contributed by atoms with Gasteiger partial charge in [-0.3, -0.25) is 19.2 Å². The van der Waals surface area contributed by atoms with Crippen LogP contribution >= 0.6 is 0 Å². The molecule has 4 amide bonds. The molecule has 2 aliphatic rings. The summed E-state index contributed by atoms with van der Waals surface area (Å²) in [5, 5.41) is 22.3. The number of aromatic amines is 1. The first-order chi connectivity index (χ1) is 20.0.